The zero-order chi connectivity index (χ0) is 20.0. The van der Waals surface area contributed by atoms with Crippen LogP contribution in [0.25, 0.3) is 0 Å². The van der Waals surface area contributed by atoms with Crippen LogP contribution in [0.15, 0.2) is 24.3 Å². The van der Waals surface area contributed by atoms with Crippen LogP contribution in [-0.2, 0) is 11.3 Å². The fraction of sp³-hybridized carbons (Fsp3) is 0.667. The van der Waals surface area contributed by atoms with Crippen molar-refractivity contribution < 1.29 is 9.59 Å². The Bertz CT molecular complexity index is 753. The van der Waals surface area contributed by atoms with Gasteiger partial charge in [0, 0.05) is 43.2 Å². The molecule has 29 heavy (non-hydrogen) atoms. The molecule has 1 atom stereocenters. The maximum Gasteiger partial charge on any atom is 0.254 e. The van der Waals surface area contributed by atoms with Crippen LogP contribution in [0.1, 0.15) is 61.4 Å². The van der Waals surface area contributed by atoms with Gasteiger partial charge in [0.1, 0.15) is 0 Å². The fourth-order valence-corrected chi connectivity index (χ4v) is 6.83. The first-order valence-electron chi connectivity index (χ1n) is 11.4. The molecule has 1 heterocycles. The van der Waals surface area contributed by atoms with Crippen molar-refractivity contribution >= 4 is 11.8 Å². The number of amides is 2. The van der Waals surface area contributed by atoms with Crippen molar-refractivity contribution in [2.45, 2.75) is 58.0 Å². The smallest absolute Gasteiger partial charge is 0.254 e. The summed E-state index contributed by atoms with van der Waals surface area (Å²) in [6, 6.07) is 8.00. The SMILES string of the molecule is C[C@H]1CNCCN1C(=O)c1ccc(CNC(=O)C23CC4CC(CC(C4)C2)C3)cc1. The third-order valence-corrected chi connectivity index (χ3v) is 7.94. The zero-order valence-electron chi connectivity index (χ0n) is 17.5. The lowest BCUT2D eigenvalue weighted by atomic mass is 9.49. The first-order valence-corrected chi connectivity index (χ1v) is 11.4. The standard InChI is InChI=1S/C24H33N3O2/c1-16-14-25-6-7-27(16)22(28)21-4-2-17(3-5-21)15-26-23(29)24-11-18-8-19(12-24)10-20(9-18)13-24/h2-5,16,18-20,25H,6-15H2,1H3,(H,26,29)/t16-,18?,19?,20?,24?/m0/s1. The number of nitrogens with zero attached hydrogens (tertiary/aromatic N) is 1. The molecule has 5 heteroatoms. The van der Waals surface area contributed by atoms with Crippen molar-refractivity contribution in [1.29, 1.82) is 0 Å². The molecule has 5 nitrogen and oxygen atoms in total. The van der Waals surface area contributed by atoms with Crippen LogP contribution in [0.2, 0.25) is 0 Å². The molecule has 5 aliphatic rings. The average Bonchev–Trinajstić information content (AvgIpc) is 2.71. The Morgan fingerprint density at radius 1 is 1.07 bits per heavy atom. The summed E-state index contributed by atoms with van der Waals surface area (Å²) in [6.07, 6.45) is 7.36. The van der Waals surface area contributed by atoms with E-state index in [1.54, 1.807) is 0 Å². The first-order chi connectivity index (χ1) is 14.0. The van der Waals surface area contributed by atoms with E-state index in [0.29, 0.717) is 6.54 Å². The predicted molar refractivity (Wildman–Crippen MR) is 112 cm³/mol. The summed E-state index contributed by atoms with van der Waals surface area (Å²) in [5.41, 5.74) is 1.70. The minimum Gasteiger partial charge on any atom is -0.352 e. The Hall–Kier alpha value is -1.88. The van der Waals surface area contributed by atoms with Gasteiger partial charge in [0.2, 0.25) is 5.91 Å². The fourth-order valence-electron chi connectivity index (χ4n) is 6.83. The van der Waals surface area contributed by atoms with Gasteiger partial charge in [-0.05, 0) is 80.9 Å². The summed E-state index contributed by atoms with van der Waals surface area (Å²) < 4.78 is 0. The second kappa shape index (κ2) is 7.42. The molecule has 2 amide bonds. The highest BCUT2D eigenvalue weighted by Crippen LogP contribution is 2.60. The van der Waals surface area contributed by atoms with Gasteiger partial charge in [0.15, 0.2) is 0 Å². The molecule has 0 spiro atoms. The Morgan fingerprint density at radius 3 is 2.28 bits per heavy atom. The van der Waals surface area contributed by atoms with Crippen LogP contribution < -0.4 is 10.6 Å². The third-order valence-electron chi connectivity index (χ3n) is 7.94. The van der Waals surface area contributed by atoms with Crippen molar-refractivity contribution in [2.24, 2.45) is 23.2 Å². The average molecular weight is 396 g/mol. The Balaban J connectivity index is 1.20. The minimum absolute atomic E-state index is 0.0942. The molecule has 0 aromatic heterocycles. The molecule has 0 radical (unpaired) electrons. The van der Waals surface area contributed by atoms with E-state index in [4.69, 9.17) is 0 Å². The number of hydrogen-bond donors (Lipinski definition) is 2. The van der Waals surface area contributed by atoms with Gasteiger partial charge in [0.25, 0.3) is 5.91 Å². The van der Waals surface area contributed by atoms with Gasteiger partial charge in [-0.15, -0.1) is 0 Å². The van der Waals surface area contributed by atoms with Crippen molar-refractivity contribution in [3.63, 3.8) is 0 Å². The van der Waals surface area contributed by atoms with Gasteiger partial charge < -0.3 is 15.5 Å². The lowest BCUT2D eigenvalue weighted by molar-refractivity contribution is -0.146. The maximum absolute atomic E-state index is 13.1. The molecule has 1 saturated heterocycles. The molecular formula is C24H33N3O2. The minimum atomic E-state index is -0.0942. The number of benzene rings is 1. The first kappa shape index (κ1) is 19.1. The topological polar surface area (TPSA) is 61.4 Å². The molecule has 4 bridgehead atoms. The van der Waals surface area contributed by atoms with Gasteiger partial charge in [-0.1, -0.05) is 12.1 Å². The van der Waals surface area contributed by atoms with Crippen molar-refractivity contribution in [3.05, 3.63) is 35.4 Å². The Kier molecular flexibility index (Phi) is 4.89. The highest BCUT2D eigenvalue weighted by Gasteiger charge is 2.54. The quantitative estimate of drug-likeness (QED) is 0.824. The number of nitrogens with one attached hydrogen (secondary N) is 2. The van der Waals surface area contributed by atoms with Gasteiger partial charge in [-0.2, -0.15) is 0 Å². The van der Waals surface area contributed by atoms with E-state index < -0.39 is 0 Å². The molecule has 4 aliphatic carbocycles. The van der Waals surface area contributed by atoms with Gasteiger partial charge >= 0.3 is 0 Å². The molecular weight excluding hydrogens is 362 g/mol. The summed E-state index contributed by atoms with van der Waals surface area (Å²) in [6.45, 7) is 5.09. The van der Waals surface area contributed by atoms with Crippen LogP contribution in [0, 0.1) is 23.2 Å². The van der Waals surface area contributed by atoms with Gasteiger partial charge in [0.05, 0.1) is 0 Å². The van der Waals surface area contributed by atoms with Crippen LogP contribution in [0.3, 0.4) is 0 Å². The van der Waals surface area contributed by atoms with E-state index in [1.165, 1.54) is 19.3 Å². The third kappa shape index (κ3) is 3.58. The van der Waals surface area contributed by atoms with E-state index in [-0.39, 0.29) is 23.3 Å². The molecule has 0 unspecified atom stereocenters. The van der Waals surface area contributed by atoms with Crippen LogP contribution in [0.5, 0.6) is 0 Å². The summed E-state index contributed by atoms with van der Waals surface area (Å²) in [5, 5.41) is 6.55. The van der Waals surface area contributed by atoms with Crippen molar-refractivity contribution in [3.8, 4) is 0 Å². The number of hydrogen-bond acceptors (Lipinski definition) is 3. The molecule has 1 aliphatic heterocycles. The number of carbonyl (C=O) groups excluding carboxylic acids is 2. The second-order valence-electron chi connectivity index (χ2n) is 10.1. The summed E-state index contributed by atoms with van der Waals surface area (Å²) >= 11 is 0. The van der Waals surface area contributed by atoms with E-state index in [2.05, 4.69) is 17.6 Å². The molecule has 156 valence electrons. The molecule has 2 N–H and O–H groups in total. The largest absolute Gasteiger partial charge is 0.352 e. The van der Waals surface area contributed by atoms with Crippen molar-refractivity contribution in [1.82, 2.24) is 15.5 Å². The Morgan fingerprint density at radius 2 is 1.69 bits per heavy atom. The van der Waals surface area contributed by atoms with E-state index in [0.717, 1.165) is 67.8 Å². The molecule has 1 aromatic carbocycles. The summed E-state index contributed by atoms with van der Waals surface area (Å²) in [4.78, 5) is 27.8. The highest BCUT2D eigenvalue weighted by molar-refractivity contribution is 5.94. The van der Waals surface area contributed by atoms with Gasteiger partial charge in [-0.25, -0.2) is 0 Å². The van der Waals surface area contributed by atoms with Gasteiger partial charge in [-0.3, -0.25) is 9.59 Å². The number of piperazine rings is 1. The molecule has 6 rings (SSSR count). The predicted octanol–water partition coefficient (Wildman–Crippen LogP) is 2.95. The van der Waals surface area contributed by atoms with Crippen molar-refractivity contribution in [2.75, 3.05) is 19.6 Å². The normalized spacial score (nSPS) is 35.6. The molecule has 5 fully saturated rings. The summed E-state index contributed by atoms with van der Waals surface area (Å²) in [5.74, 6) is 2.72. The monoisotopic (exact) mass is 395 g/mol. The van der Waals surface area contributed by atoms with E-state index in [9.17, 15) is 9.59 Å². The number of rotatable bonds is 4. The van der Waals surface area contributed by atoms with E-state index >= 15 is 0 Å². The summed E-state index contributed by atoms with van der Waals surface area (Å²) in [7, 11) is 0. The second-order valence-corrected chi connectivity index (χ2v) is 10.1. The highest BCUT2D eigenvalue weighted by atomic mass is 16.2. The van der Waals surface area contributed by atoms with Crippen LogP contribution in [0.4, 0.5) is 0 Å². The Labute approximate surface area is 173 Å². The maximum atomic E-state index is 13.1. The molecule has 1 aromatic rings. The van der Waals surface area contributed by atoms with Crippen LogP contribution in [-0.4, -0.2) is 42.4 Å². The lowest BCUT2D eigenvalue weighted by Crippen LogP contribution is -2.53. The molecule has 4 saturated carbocycles. The van der Waals surface area contributed by atoms with E-state index in [1.807, 2.05) is 29.2 Å². The zero-order valence-corrected chi connectivity index (χ0v) is 17.5. The lowest BCUT2D eigenvalue weighted by Gasteiger charge is -2.55. The number of carbonyl (C=O) groups is 2. The van der Waals surface area contributed by atoms with Crippen LogP contribution >= 0.6 is 0 Å².